The van der Waals surface area contributed by atoms with Gasteiger partial charge in [0.05, 0.1) is 0 Å². The van der Waals surface area contributed by atoms with Gasteiger partial charge in [0.2, 0.25) is 0 Å². The van der Waals surface area contributed by atoms with E-state index in [9.17, 15) is 5.11 Å². The van der Waals surface area contributed by atoms with Gasteiger partial charge in [0, 0.05) is 10.5 Å². The number of phenols is 1. The summed E-state index contributed by atoms with van der Waals surface area (Å²) < 4.78 is 0. The highest BCUT2D eigenvalue weighted by atomic mass is 32.2. The van der Waals surface area contributed by atoms with Gasteiger partial charge in [-0.1, -0.05) is 54.7 Å². The van der Waals surface area contributed by atoms with Crippen molar-refractivity contribution >= 4 is 11.8 Å². The summed E-state index contributed by atoms with van der Waals surface area (Å²) in [7, 11) is 0. The zero-order valence-electron chi connectivity index (χ0n) is 12.5. The third-order valence-electron chi connectivity index (χ3n) is 2.98. The van der Waals surface area contributed by atoms with Gasteiger partial charge >= 0.3 is 0 Å². The van der Waals surface area contributed by atoms with Crippen molar-refractivity contribution in [2.45, 2.75) is 24.7 Å². The Morgan fingerprint density at radius 2 is 1.86 bits per heavy atom. The number of thioether (sulfide) groups is 1. The molecule has 21 heavy (non-hydrogen) atoms. The van der Waals surface area contributed by atoms with Gasteiger partial charge in [0.15, 0.2) is 0 Å². The summed E-state index contributed by atoms with van der Waals surface area (Å²) in [6.07, 6.45) is 2.20. The molecule has 2 nitrogen and oxygen atoms in total. The van der Waals surface area contributed by atoms with E-state index in [0.717, 1.165) is 29.8 Å². The third-order valence-corrected chi connectivity index (χ3v) is 3.84. The zero-order valence-corrected chi connectivity index (χ0v) is 13.3. The molecule has 0 unspecified atom stereocenters. The predicted octanol–water partition coefficient (Wildman–Crippen LogP) is 4.51. The number of aromatic hydroxyl groups is 1. The molecule has 0 amide bonds. The fourth-order valence-corrected chi connectivity index (χ4v) is 2.39. The van der Waals surface area contributed by atoms with E-state index in [4.69, 9.17) is 5.73 Å². The van der Waals surface area contributed by atoms with Crippen molar-refractivity contribution in [2.24, 2.45) is 5.73 Å². The first-order valence-corrected chi connectivity index (χ1v) is 7.87. The fraction of sp³-hybridized carbons (Fsp3) is 0.222. The van der Waals surface area contributed by atoms with Gasteiger partial charge in [-0.2, -0.15) is 0 Å². The van der Waals surface area contributed by atoms with E-state index in [2.05, 4.69) is 30.8 Å². The Bertz CT molecular complexity index is 540. The fourth-order valence-electron chi connectivity index (χ4n) is 1.77. The number of phenolic OH excluding ortho intramolecular Hbond substituents is 1. The van der Waals surface area contributed by atoms with Crippen LogP contribution in [0.1, 0.15) is 17.5 Å². The summed E-state index contributed by atoms with van der Waals surface area (Å²) >= 11 is 1.52. The lowest BCUT2D eigenvalue weighted by atomic mass is 10.1. The Hall–Kier alpha value is -1.71. The smallest absolute Gasteiger partial charge is 0.119 e. The molecule has 0 atom stereocenters. The minimum absolute atomic E-state index is 0.344. The Kier molecular flexibility index (Phi) is 8.32. The minimum Gasteiger partial charge on any atom is -0.508 e. The first-order valence-electron chi connectivity index (χ1n) is 6.99. The first-order chi connectivity index (χ1) is 10.2. The van der Waals surface area contributed by atoms with Gasteiger partial charge in [-0.15, -0.1) is 0 Å². The predicted molar refractivity (Wildman–Crippen MR) is 92.7 cm³/mol. The van der Waals surface area contributed by atoms with Crippen LogP contribution in [0.5, 0.6) is 5.75 Å². The third kappa shape index (κ3) is 6.52. The quantitative estimate of drug-likeness (QED) is 0.798. The van der Waals surface area contributed by atoms with Crippen LogP contribution in [-0.4, -0.2) is 11.7 Å². The summed E-state index contributed by atoms with van der Waals surface area (Å²) in [5.41, 5.74) is 7.67. The van der Waals surface area contributed by atoms with E-state index in [1.165, 1.54) is 17.3 Å². The lowest BCUT2D eigenvalue weighted by molar-refractivity contribution is 0.469. The molecule has 0 aliphatic carbocycles. The van der Waals surface area contributed by atoms with Crippen LogP contribution >= 0.6 is 11.8 Å². The molecule has 0 bridgehead atoms. The Morgan fingerprint density at radius 1 is 1.14 bits per heavy atom. The van der Waals surface area contributed by atoms with E-state index in [1.54, 1.807) is 11.5 Å². The van der Waals surface area contributed by atoms with Gasteiger partial charge in [0.25, 0.3) is 0 Å². The van der Waals surface area contributed by atoms with Crippen LogP contribution in [0.4, 0.5) is 0 Å². The van der Waals surface area contributed by atoms with E-state index < -0.39 is 0 Å². The van der Waals surface area contributed by atoms with Crippen molar-refractivity contribution in [2.75, 3.05) is 6.54 Å². The average molecular weight is 301 g/mol. The van der Waals surface area contributed by atoms with E-state index >= 15 is 0 Å². The molecule has 2 aromatic rings. The molecule has 0 heterocycles. The molecule has 3 heteroatoms. The molecular formula is C18H23NOS. The van der Waals surface area contributed by atoms with E-state index in [-0.39, 0.29) is 0 Å². The SMILES string of the molecule is C=CSc1cccc(O)c1C.NCCCc1ccccc1. The molecule has 0 aliphatic rings. The molecule has 0 saturated heterocycles. The van der Waals surface area contributed by atoms with Crippen LogP contribution in [0.3, 0.4) is 0 Å². The summed E-state index contributed by atoms with van der Waals surface area (Å²) in [6, 6.07) is 15.9. The molecule has 0 aromatic heterocycles. The van der Waals surface area contributed by atoms with Gasteiger partial charge in [-0.25, -0.2) is 0 Å². The van der Waals surface area contributed by atoms with Crippen LogP contribution < -0.4 is 5.73 Å². The van der Waals surface area contributed by atoms with Crippen molar-refractivity contribution in [3.8, 4) is 5.75 Å². The second kappa shape index (κ2) is 10.1. The molecular weight excluding hydrogens is 278 g/mol. The maximum absolute atomic E-state index is 9.28. The maximum atomic E-state index is 9.28. The molecule has 0 saturated carbocycles. The number of benzene rings is 2. The van der Waals surface area contributed by atoms with Crippen molar-refractivity contribution in [3.63, 3.8) is 0 Å². The molecule has 0 aliphatic heterocycles. The lowest BCUT2D eigenvalue weighted by Crippen LogP contribution is -1.99. The first kappa shape index (κ1) is 17.3. The second-order valence-electron chi connectivity index (χ2n) is 4.56. The van der Waals surface area contributed by atoms with Crippen LogP contribution in [-0.2, 0) is 6.42 Å². The van der Waals surface area contributed by atoms with E-state index in [1.807, 2.05) is 25.1 Å². The standard InChI is InChI=1S/C9H13N.C9H10OS/c10-8-4-7-9-5-2-1-3-6-9;1-3-11-9-6-4-5-8(10)7(9)2/h1-3,5-6H,4,7-8,10H2;3-6,10H,1H2,2H3. The summed E-state index contributed by atoms with van der Waals surface area (Å²) in [5.74, 6) is 0.344. The van der Waals surface area contributed by atoms with Crippen LogP contribution in [0.15, 0.2) is 65.4 Å². The number of nitrogens with two attached hydrogens (primary N) is 1. The maximum Gasteiger partial charge on any atom is 0.119 e. The van der Waals surface area contributed by atoms with Gasteiger partial charge in [0.1, 0.15) is 5.75 Å². The lowest BCUT2D eigenvalue weighted by Gasteiger charge is -2.02. The van der Waals surface area contributed by atoms with Crippen LogP contribution in [0.25, 0.3) is 0 Å². The monoisotopic (exact) mass is 301 g/mol. The highest BCUT2D eigenvalue weighted by molar-refractivity contribution is 8.02. The number of aryl methyl sites for hydroxylation is 1. The zero-order chi connectivity index (χ0) is 15.5. The Morgan fingerprint density at radius 3 is 2.48 bits per heavy atom. The highest BCUT2D eigenvalue weighted by Gasteiger charge is 1.99. The Labute approximate surface area is 131 Å². The average Bonchev–Trinajstić information content (AvgIpc) is 2.52. The van der Waals surface area contributed by atoms with Crippen molar-refractivity contribution < 1.29 is 5.11 Å². The topological polar surface area (TPSA) is 46.2 Å². The van der Waals surface area contributed by atoms with Crippen molar-refractivity contribution in [1.82, 2.24) is 0 Å². The van der Waals surface area contributed by atoms with Crippen LogP contribution in [0, 0.1) is 6.92 Å². The van der Waals surface area contributed by atoms with Gasteiger partial charge < -0.3 is 10.8 Å². The number of hydrogen-bond acceptors (Lipinski definition) is 3. The molecule has 2 aromatic carbocycles. The molecule has 0 spiro atoms. The molecule has 0 radical (unpaired) electrons. The normalized spacial score (nSPS) is 9.62. The molecule has 0 fully saturated rings. The van der Waals surface area contributed by atoms with E-state index in [0.29, 0.717) is 5.75 Å². The second-order valence-corrected chi connectivity index (χ2v) is 5.57. The van der Waals surface area contributed by atoms with Gasteiger partial charge in [-0.3, -0.25) is 0 Å². The van der Waals surface area contributed by atoms with Crippen LogP contribution in [0.2, 0.25) is 0 Å². The molecule has 3 N–H and O–H groups in total. The van der Waals surface area contributed by atoms with Gasteiger partial charge in [-0.05, 0) is 49.4 Å². The summed E-state index contributed by atoms with van der Waals surface area (Å²) in [5, 5.41) is 11.0. The minimum atomic E-state index is 0.344. The number of hydrogen-bond donors (Lipinski definition) is 2. The molecule has 112 valence electrons. The summed E-state index contributed by atoms with van der Waals surface area (Å²) in [6.45, 7) is 6.28. The highest BCUT2D eigenvalue weighted by Crippen LogP contribution is 2.28. The summed E-state index contributed by atoms with van der Waals surface area (Å²) in [4.78, 5) is 1.06. The largest absolute Gasteiger partial charge is 0.508 e. The number of rotatable bonds is 5. The van der Waals surface area contributed by atoms with Crippen molar-refractivity contribution in [1.29, 1.82) is 0 Å². The molecule has 2 rings (SSSR count). The van der Waals surface area contributed by atoms with Crippen molar-refractivity contribution in [3.05, 3.63) is 71.6 Å². The Balaban J connectivity index is 0.000000211.